The van der Waals surface area contributed by atoms with Gasteiger partial charge in [-0.3, -0.25) is 9.59 Å². The topological polar surface area (TPSA) is 72.8 Å². The van der Waals surface area contributed by atoms with Crippen molar-refractivity contribution in [1.82, 2.24) is 0 Å². The van der Waals surface area contributed by atoms with Crippen LogP contribution in [-0.4, -0.2) is 41.8 Å². The number of Topliss-reactive ketones (excluding diaryl/α,β-unsaturated/α-hetero) is 2. The van der Waals surface area contributed by atoms with Gasteiger partial charge in [0, 0.05) is 23.7 Å². The van der Waals surface area contributed by atoms with Crippen molar-refractivity contribution in [2.24, 2.45) is 40.4 Å². The lowest BCUT2D eigenvalue weighted by Crippen LogP contribution is -2.64. The lowest BCUT2D eigenvalue weighted by Gasteiger charge is -2.62. The second-order valence-electron chi connectivity index (χ2n) is 10.8. The van der Waals surface area contributed by atoms with Gasteiger partial charge in [0.1, 0.15) is 11.6 Å². The van der Waals surface area contributed by atoms with Gasteiger partial charge < -0.3 is 14.6 Å². The van der Waals surface area contributed by atoms with Crippen LogP contribution in [0.25, 0.3) is 0 Å². The van der Waals surface area contributed by atoms with Crippen molar-refractivity contribution in [2.45, 2.75) is 77.6 Å². The van der Waals surface area contributed by atoms with Crippen LogP contribution in [0.5, 0.6) is 0 Å². The van der Waals surface area contributed by atoms with Gasteiger partial charge in [-0.1, -0.05) is 13.8 Å². The first-order valence-electron chi connectivity index (χ1n) is 11.2. The molecule has 5 nitrogen and oxygen atoms in total. The molecule has 0 radical (unpaired) electrons. The lowest BCUT2D eigenvalue weighted by molar-refractivity contribution is -0.231. The maximum absolute atomic E-state index is 13.5. The van der Waals surface area contributed by atoms with Crippen LogP contribution in [-0.2, 0) is 19.1 Å². The molecule has 0 bridgehead atoms. The molecule has 8 atom stereocenters. The Morgan fingerprint density at radius 2 is 1.79 bits per heavy atom. The smallest absolute Gasteiger partial charge is 0.175 e. The monoisotopic (exact) mass is 390 g/mol. The van der Waals surface area contributed by atoms with E-state index >= 15 is 0 Å². The fourth-order valence-electron chi connectivity index (χ4n) is 8.56. The van der Waals surface area contributed by atoms with Crippen molar-refractivity contribution in [3.8, 4) is 0 Å². The van der Waals surface area contributed by atoms with Crippen molar-refractivity contribution in [3.63, 3.8) is 0 Å². The van der Waals surface area contributed by atoms with Crippen LogP contribution < -0.4 is 0 Å². The summed E-state index contributed by atoms with van der Waals surface area (Å²) in [5.74, 6) is 0.807. The summed E-state index contributed by atoms with van der Waals surface area (Å²) >= 11 is 0. The van der Waals surface area contributed by atoms with Crippen LogP contribution in [0.2, 0.25) is 0 Å². The SMILES string of the molecule is CC(=O)[C@@H]1CC[C@@H]2[C@H]3CC[C@H]4CC5(CC(=O)[C@]4(C)[C@@H]3[C@H](O)C[C@@]21C)OCCO5. The molecule has 1 aliphatic heterocycles. The largest absolute Gasteiger partial charge is 0.393 e. The minimum absolute atomic E-state index is 0.00119. The van der Waals surface area contributed by atoms with Crippen LogP contribution in [0.1, 0.15) is 65.7 Å². The maximum atomic E-state index is 13.5. The first-order valence-corrected chi connectivity index (χ1v) is 11.2. The maximum Gasteiger partial charge on any atom is 0.175 e. The van der Waals surface area contributed by atoms with E-state index in [4.69, 9.17) is 9.47 Å². The first kappa shape index (κ1) is 19.2. The number of ketones is 2. The molecular weight excluding hydrogens is 356 g/mol. The molecule has 0 aromatic heterocycles. The summed E-state index contributed by atoms with van der Waals surface area (Å²) in [5, 5.41) is 11.4. The number of aliphatic hydroxyl groups excluding tert-OH is 1. The summed E-state index contributed by atoms with van der Waals surface area (Å²) < 4.78 is 11.8. The van der Waals surface area contributed by atoms with Gasteiger partial charge in [-0.25, -0.2) is 0 Å². The number of aliphatic hydroxyl groups is 1. The quantitative estimate of drug-likeness (QED) is 0.745. The molecule has 28 heavy (non-hydrogen) atoms. The number of hydrogen-bond acceptors (Lipinski definition) is 5. The minimum Gasteiger partial charge on any atom is -0.393 e. The second-order valence-corrected chi connectivity index (χ2v) is 10.8. The zero-order chi connectivity index (χ0) is 19.9. The van der Waals surface area contributed by atoms with Crippen LogP contribution in [0, 0.1) is 40.4 Å². The molecule has 5 heteroatoms. The van der Waals surface area contributed by atoms with Crippen LogP contribution in [0.4, 0.5) is 0 Å². The van der Waals surface area contributed by atoms with E-state index in [2.05, 4.69) is 13.8 Å². The Labute approximate surface area is 167 Å². The van der Waals surface area contributed by atoms with Gasteiger partial charge in [-0.15, -0.1) is 0 Å². The highest BCUT2D eigenvalue weighted by Gasteiger charge is 2.67. The number of ether oxygens (including phenoxy) is 2. The fraction of sp³-hybridized carbons (Fsp3) is 0.913. The van der Waals surface area contributed by atoms with Gasteiger partial charge in [0.25, 0.3) is 0 Å². The molecule has 0 aromatic carbocycles. The summed E-state index contributed by atoms with van der Waals surface area (Å²) in [5.41, 5.74) is -0.620. The Kier molecular flexibility index (Phi) is 4.19. The minimum atomic E-state index is -0.713. The number of carbonyl (C=O) groups excluding carboxylic acids is 2. The van der Waals surface area contributed by atoms with E-state index in [1.807, 2.05) is 0 Å². The summed E-state index contributed by atoms with van der Waals surface area (Å²) in [4.78, 5) is 25.8. The van der Waals surface area contributed by atoms with Crippen molar-refractivity contribution >= 4 is 11.6 Å². The van der Waals surface area contributed by atoms with Crippen LogP contribution >= 0.6 is 0 Å². The van der Waals surface area contributed by atoms with Gasteiger partial charge >= 0.3 is 0 Å². The highest BCUT2D eigenvalue weighted by atomic mass is 16.7. The summed E-state index contributed by atoms with van der Waals surface area (Å²) in [6.45, 7) is 7.18. The first-order chi connectivity index (χ1) is 13.2. The van der Waals surface area contributed by atoms with E-state index in [0.29, 0.717) is 37.9 Å². The van der Waals surface area contributed by atoms with Gasteiger partial charge in [0.2, 0.25) is 0 Å². The predicted octanol–water partition coefficient (Wildman–Crippen LogP) is 3.13. The third-order valence-corrected chi connectivity index (χ3v) is 9.73. The van der Waals surface area contributed by atoms with Crippen molar-refractivity contribution in [3.05, 3.63) is 0 Å². The predicted molar refractivity (Wildman–Crippen MR) is 102 cm³/mol. The second kappa shape index (κ2) is 6.12. The fourth-order valence-corrected chi connectivity index (χ4v) is 8.56. The average molecular weight is 391 g/mol. The summed E-state index contributed by atoms with van der Waals surface area (Å²) in [6.07, 6.45) is 5.24. The van der Waals surface area contributed by atoms with Crippen molar-refractivity contribution < 1.29 is 24.2 Å². The zero-order valence-electron chi connectivity index (χ0n) is 17.4. The molecule has 1 heterocycles. The lowest BCUT2D eigenvalue weighted by atomic mass is 9.43. The Morgan fingerprint density at radius 3 is 2.46 bits per heavy atom. The van der Waals surface area contributed by atoms with Gasteiger partial charge in [-0.2, -0.15) is 0 Å². The van der Waals surface area contributed by atoms with Crippen molar-refractivity contribution in [2.75, 3.05) is 13.2 Å². The molecule has 5 rings (SSSR count). The van der Waals surface area contributed by atoms with Crippen LogP contribution in [0.15, 0.2) is 0 Å². The Morgan fingerprint density at radius 1 is 1.07 bits per heavy atom. The number of rotatable bonds is 1. The summed E-state index contributed by atoms with van der Waals surface area (Å²) in [7, 11) is 0. The average Bonchev–Trinajstić information content (AvgIpc) is 3.20. The zero-order valence-corrected chi connectivity index (χ0v) is 17.4. The Hall–Kier alpha value is -0.780. The molecule has 0 aromatic rings. The van der Waals surface area contributed by atoms with E-state index in [-0.39, 0.29) is 34.7 Å². The molecule has 156 valence electrons. The van der Waals surface area contributed by atoms with Gasteiger partial charge in [0.05, 0.1) is 25.7 Å². The number of hydrogen-bond donors (Lipinski definition) is 1. The molecule has 0 unspecified atom stereocenters. The van der Waals surface area contributed by atoms with Crippen molar-refractivity contribution in [1.29, 1.82) is 0 Å². The van der Waals surface area contributed by atoms with E-state index < -0.39 is 17.3 Å². The standard InChI is InChI=1S/C23H34O5/c1-13(24)16-6-7-17-15-5-4-14-10-23(27-8-9-28-23)12-19(26)22(14,3)20(15)18(25)11-21(16,17)2/h14-18,20,25H,4-12H2,1-3H3/t14-,15+,16-,17+,18+,20-,21+,22+/m0/s1. The molecule has 0 amide bonds. The van der Waals surface area contributed by atoms with E-state index in [0.717, 1.165) is 32.1 Å². The molecule has 4 aliphatic carbocycles. The van der Waals surface area contributed by atoms with Gasteiger partial charge in [0.15, 0.2) is 5.79 Å². The number of carbonyl (C=O) groups is 2. The third-order valence-electron chi connectivity index (χ3n) is 9.73. The van der Waals surface area contributed by atoms with E-state index in [1.165, 1.54) is 0 Å². The molecule has 5 fully saturated rings. The highest BCUT2D eigenvalue weighted by Crippen LogP contribution is 2.67. The number of fused-ring (bicyclic) bond motifs is 5. The normalized spacial score (nSPS) is 52.2. The third kappa shape index (κ3) is 2.36. The Balaban J connectivity index is 1.49. The molecule has 5 aliphatic rings. The van der Waals surface area contributed by atoms with Crippen LogP contribution in [0.3, 0.4) is 0 Å². The molecule has 1 saturated heterocycles. The molecule has 1 spiro atoms. The molecular formula is C23H34O5. The van der Waals surface area contributed by atoms with E-state index in [1.54, 1.807) is 6.92 Å². The summed E-state index contributed by atoms with van der Waals surface area (Å²) in [6, 6.07) is 0. The van der Waals surface area contributed by atoms with E-state index in [9.17, 15) is 14.7 Å². The van der Waals surface area contributed by atoms with Gasteiger partial charge in [-0.05, 0) is 62.2 Å². The highest BCUT2D eigenvalue weighted by molar-refractivity contribution is 5.87. The molecule has 4 saturated carbocycles. The Bertz CT molecular complexity index is 697. The molecule has 1 N–H and O–H groups in total.